The van der Waals surface area contributed by atoms with Gasteiger partial charge in [-0.05, 0) is 50.1 Å². The number of nitrogens with one attached hydrogen (secondary N) is 1. The fourth-order valence-corrected chi connectivity index (χ4v) is 3.21. The molecule has 0 aromatic heterocycles. The van der Waals surface area contributed by atoms with Crippen molar-refractivity contribution in [2.45, 2.75) is 25.7 Å². The second-order valence-corrected chi connectivity index (χ2v) is 6.72. The zero-order valence-electron chi connectivity index (χ0n) is 13.4. The van der Waals surface area contributed by atoms with E-state index in [4.69, 9.17) is 4.74 Å². The predicted molar refractivity (Wildman–Crippen MR) is 91.4 cm³/mol. The smallest absolute Gasteiger partial charge is 0.276 e. The molecule has 0 saturated heterocycles. The van der Waals surface area contributed by atoms with E-state index < -0.39 is 10.0 Å². The molecule has 0 aliphatic carbocycles. The van der Waals surface area contributed by atoms with Gasteiger partial charge in [-0.15, -0.1) is 0 Å². The molecule has 6 heteroatoms. The first kappa shape index (κ1) is 17.0. The lowest BCUT2D eigenvalue weighted by molar-refractivity contribution is 0.340. The van der Waals surface area contributed by atoms with Crippen LogP contribution in [0.3, 0.4) is 0 Å². The molecule has 0 atom stereocenters. The van der Waals surface area contributed by atoms with E-state index in [2.05, 4.69) is 9.93 Å². The average molecular weight is 332 g/mol. The number of nitrogens with zero attached hydrogens (tertiary/aromatic N) is 1. The van der Waals surface area contributed by atoms with Gasteiger partial charge in [-0.3, -0.25) is 0 Å². The van der Waals surface area contributed by atoms with E-state index in [1.165, 1.54) is 6.21 Å². The zero-order chi connectivity index (χ0) is 16.9. The molecule has 2 aromatic rings. The van der Waals surface area contributed by atoms with E-state index in [-0.39, 0.29) is 4.90 Å². The molecule has 2 rings (SSSR count). The fraction of sp³-hybridized carbons (Fsp3) is 0.235. The summed E-state index contributed by atoms with van der Waals surface area (Å²) in [6, 6.07) is 12.6. The Hall–Kier alpha value is -2.34. The minimum atomic E-state index is -3.70. The van der Waals surface area contributed by atoms with Crippen LogP contribution in [0.15, 0.2) is 52.5 Å². The monoisotopic (exact) mass is 332 g/mol. The van der Waals surface area contributed by atoms with E-state index in [1.807, 2.05) is 38.1 Å². The normalized spacial score (nSPS) is 11.6. The van der Waals surface area contributed by atoms with Crippen LogP contribution in [0.4, 0.5) is 0 Å². The topological polar surface area (TPSA) is 67.8 Å². The Morgan fingerprint density at radius 2 is 1.91 bits per heavy atom. The van der Waals surface area contributed by atoms with Gasteiger partial charge >= 0.3 is 0 Å². The van der Waals surface area contributed by atoms with Gasteiger partial charge in [-0.25, -0.2) is 4.83 Å². The minimum absolute atomic E-state index is 0.229. The highest BCUT2D eigenvalue weighted by molar-refractivity contribution is 7.89. The summed E-state index contributed by atoms with van der Waals surface area (Å²) in [5.41, 5.74) is 2.26. The molecule has 0 spiro atoms. The molecule has 0 heterocycles. The molecule has 0 aliphatic rings. The van der Waals surface area contributed by atoms with Gasteiger partial charge in [0, 0.05) is 5.56 Å². The number of aryl methyl sites for hydroxylation is 2. The molecule has 0 bridgehead atoms. The third kappa shape index (κ3) is 4.32. The van der Waals surface area contributed by atoms with Crippen LogP contribution in [0.2, 0.25) is 0 Å². The molecular weight excluding hydrogens is 312 g/mol. The van der Waals surface area contributed by atoms with Crippen molar-refractivity contribution in [3.8, 4) is 5.75 Å². The Morgan fingerprint density at radius 3 is 2.65 bits per heavy atom. The van der Waals surface area contributed by atoms with Crippen molar-refractivity contribution in [3.63, 3.8) is 0 Å². The van der Waals surface area contributed by atoms with Gasteiger partial charge in [0.15, 0.2) is 0 Å². The number of sulfonamides is 1. The largest absolute Gasteiger partial charge is 0.493 e. The van der Waals surface area contributed by atoms with Crippen LogP contribution in [-0.2, 0) is 10.0 Å². The molecule has 0 amide bonds. The third-order valence-corrected chi connectivity index (χ3v) is 4.59. The van der Waals surface area contributed by atoms with Gasteiger partial charge in [0.25, 0.3) is 10.0 Å². The second-order valence-electron chi connectivity index (χ2n) is 5.09. The Bertz CT molecular complexity index is 814. The van der Waals surface area contributed by atoms with Crippen molar-refractivity contribution in [2.75, 3.05) is 6.61 Å². The summed E-state index contributed by atoms with van der Waals surface area (Å²) >= 11 is 0. The summed E-state index contributed by atoms with van der Waals surface area (Å²) in [4.78, 5) is 2.48. The number of para-hydroxylation sites is 1. The van der Waals surface area contributed by atoms with Crippen molar-refractivity contribution in [2.24, 2.45) is 5.10 Å². The molecule has 2 aromatic carbocycles. The number of hydrazone groups is 1. The van der Waals surface area contributed by atoms with Gasteiger partial charge in [0.05, 0.1) is 17.7 Å². The van der Waals surface area contributed by atoms with Crippen LogP contribution in [-0.4, -0.2) is 21.2 Å². The maximum atomic E-state index is 12.3. The van der Waals surface area contributed by atoms with Crippen LogP contribution >= 0.6 is 0 Å². The van der Waals surface area contributed by atoms with Crippen LogP contribution in [0, 0.1) is 13.8 Å². The zero-order valence-corrected chi connectivity index (χ0v) is 14.2. The predicted octanol–water partition coefficient (Wildman–Crippen LogP) is 3.01. The van der Waals surface area contributed by atoms with Gasteiger partial charge in [0.1, 0.15) is 5.75 Å². The lowest BCUT2D eigenvalue weighted by Gasteiger charge is -2.08. The number of rotatable bonds is 6. The summed E-state index contributed by atoms with van der Waals surface area (Å²) in [7, 11) is -3.70. The third-order valence-electron chi connectivity index (χ3n) is 3.23. The van der Waals surface area contributed by atoms with Crippen molar-refractivity contribution in [3.05, 3.63) is 59.2 Å². The highest BCUT2D eigenvalue weighted by Gasteiger charge is 2.15. The van der Waals surface area contributed by atoms with Gasteiger partial charge < -0.3 is 4.74 Å². The number of hydrogen-bond acceptors (Lipinski definition) is 4. The maximum Gasteiger partial charge on any atom is 0.276 e. The Balaban J connectivity index is 2.21. The Labute approximate surface area is 137 Å². The molecular formula is C17H20N2O3S. The molecule has 5 nitrogen and oxygen atoms in total. The summed E-state index contributed by atoms with van der Waals surface area (Å²) in [5, 5.41) is 3.86. The first-order valence-electron chi connectivity index (χ1n) is 7.28. The molecule has 1 N–H and O–H groups in total. The minimum Gasteiger partial charge on any atom is -0.493 e. The van der Waals surface area contributed by atoms with Crippen molar-refractivity contribution >= 4 is 16.2 Å². The number of benzene rings is 2. The fourth-order valence-electron chi connectivity index (χ4n) is 2.09. The van der Waals surface area contributed by atoms with Crippen molar-refractivity contribution < 1.29 is 13.2 Å². The summed E-state index contributed by atoms with van der Waals surface area (Å²) in [6.07, 6.45) is 1.44. The van der Waals surface area contributed by atoms with E-state index in [0.29, 0.717) is 23.5 Å². The lowest BCUT2D eigenvalue weighted by atomic mass is 10.2. The summed E-state index contributed by atoms with van der Waals surface area (Å²) < 4.78 is 30.2. The standard InChI is InChI=1S/C17H20N2O3S/c1-4-22-16-8-6-5-7-15(16)12-18-19-23(20,21)17-11-13(2)9-10-14(17)3/h5-12,19H,4H2,1-3H3/b18-12+. The van der Waals surface area contributed by atoms with E-state index in [1.54, 1.807) is 25.1 Å². The Morgan fingerprint density at radius 1 is 1.17 bits per heavy atom. The summed E-state index contributed by atoms with van der Waals surface area (Å²) in [5.74, 6) is 0.657. The lowest BCUT2D eigenvalue weighted by Crippen LogP contribution is -2.19. The van der Waals surface area contributed by atoms with Crippen molar-refractivity contribution in [1.82, 2.24) is 4.83 Å². The molecule has 0 radical (unpaired) electrons. The highest BCUT2D eigenvalue weighted by atomic mass is 32.2. The second kappa shape index (κ2) is 7.28. The molecule has 0 fully saturated rings. The molecule has 23 heavy (non-hydrogen) atoms. The van der Waals surface area contributed by atoms with Gasteiger partial charge in [0.2, 0.25) is 0 Å². The first-order valence-corrected chi connectivity index (χ1v) is 8.76. The summed E-state index contributed by atoms with van der Waals surface area (Å²) in [6.45, 7) is 6.01. The number of hydrogen-bond donors (Lipinski definition) is 1. The highest BCUT2D eigenvalue weighted by Crippen LogP contribution is 2.17. The van der Waals surface area contributed by atoms with Crippen LogP contribution in [0.25, 0.3) is 0 Å². The average Bonchev–Trinajstić information content (AvgIpc) is 2.51. The van der Waals surface area contributed by atoms with Crippen LogP contribution in [0.1, 0.15) is 23.6 Å². The van der Waals surface area contributed by atoms with Gasteiger partial charge in [-0.1, -0.05) is 24.3 Å². The molecule has 0 aliphatic heterocycles. The quantitative estimate of drug-likeness (QED) is 0.653. The molecule has 0 saturated carbocycles. The van der Waals surface area contributed by atoms with Crippen molar-refractivity contribution in [1.29, 1.82) is 0 Å². The SMILES string of the molecule is CCOc1ccccc1/C=N/NS(=O)(=O)c1cc(C)ccc1C. The van der Waals surface area contributed by atoms with Crippen LogP contribution in [0.5, 0.6) is 5.75 Å². The van der Waals surface area contributed by atoms with Crippen LogP contribution < -0.4 is 9.57 Å². The Kier molecular flexibility index (Phi) is 5.39. The molecule has 122 valence electrons. The van der Waals surface area contributed by atoms with E-state index in [9.17, 15) is 8.42 Å². The number of ether oxygens (including phenoxy) is 1. The van der Waals surface area contributed by atoms with E-state index >= 15 is 0 Å². The maximum absolute atomic E-state index is 12.3. The molecule has 0 unspecified atom stereocenters. The van der Waals surface area contributed by atoms with E-state index in [0.717, 1.165) is 5.56 Å². The van der Waals surface area contributed by atoms with Gasteiger partial charge in [-0.2, -0.15) is 13.5 Å². The first-order chi connectivity index (χ1) is 10.9.